The summed E-state index contributed by atoms with van der Waals surface area (Å²) >= 11 is 0. The molecule has 0 N–H and O–H groups in total. The third kappa shape index (κ3) is 2.91. The lowest BCUT2D eigenvalue weighted by Gasteiger charge is -2.42. The summed E-state index contributed by atoms with van der Waals surface area (Å²) in [6.07, 6.45) is 1.36. The minimum atomic E-state index is -0.683. The molecule has 0 bridgehead atoms. The number of benzene rings is 1. The Morgan fingerprint density at radius 2 is 1.79 bits per heavy atom. The van der Waals surface area contributed by atoms with E-state index in [4.69, 9.17) is 4.74 Å². The maximum atomic E-state index is 12.7. The lowest BCUT2D eigenvalue weighted by Crippen LogP contribution is -2.57. The van der Waals surface area contributed by atoms with Crippen molar-refractivity contribution >= 4 is 11.9 Å². The number of carbonyl (C=O) groups excluding carboxylic acids is 2. The summed E-state index contributed by atoms with van der Waals surface area (Å²) in [6, 6.07) is 10.1. The molecule has 130 valence electrons. The number of methoxy groups -OCH3 is 1. The molecule has 2 fully saturated rings. The second-order valence-corrected chi connectivity index (χ2v) is 6.58. The van der Waals surface area contributed by atoms with Crippen molar-refractivity contribution in [1.29, 1.82) is 0 Å². The Hall–Kier alpha value is -1.92. The van der Waals surface area contributed by atoms with Crippen LogP contribution in [-0.4, -0.2) is 72.6 Å². The van der Waals surface area contributed by atoms with E-state index in [0.29, 0.717) is 26.0 Å². The van der Waals surface area contributed by atoms with E-state index in [0.717, 1.165) is 19.6 Å². The number of ether oxygens (including phenoxy) is 1. The third-order valence-electron chi connectivity index (χ3n) is 5.19. The quantitative estimate of drug-likeness (QED) is 0.769. The second kappa shape index (κ2) is 6.91. The summed E-state index contributed by atoms with van der Waals surface area (Å²) in [5.74, 6) is -0.0667. The monoisotopic (exact) mass is 331 g/mol. The summed E-state index contributed by atoms with van der Waals surface area (Å²) in [5, 5.41) is 0. The van der Waals surface area contributed by atoms with Crippen LogP contribution in [0.1, 0.15) is 18.4 Å². The average Bonchev–Trinajstić information content (AvgIpc) is 2.78. The van der Waals surface area contributed by atoms with Crippen molar-refractivity contribution in [2.24, 2.45) is 0 Å². The fraction of sp³-hybridized carbons (Fsp3) is 0.556. The molecule has 2 aliphatic heterocycles. The van der Waals surface area contributed by atoms with Crippen LogP contribution in [-0.2, 0) is 16.1 Å². The Bertz CT molecular complexity index is 597. The Kier molecular flexibility index (Phi) is 4.87. The van der Waals surface area contributed by atoms with Gasteiger partial charge < -0.3 is 9.64 Å². The Morgan fingerprint density at radius 3 is 2.42 bits per heavy atom. The molecule has 3 amide bonds. The van der Waals surface area contributed by atoms with Gasteiger partial charge in [0, 0.05) is 40.3 Å². The summed E-state index contributed by atoms with van der Waals surface area (Å²) < 4.78 is 5.12. The molecule has 0 unspecified atom stereocenters. The van der Waals surface area contributed by atoms with E-state index in [9.17, 15) is 9.59 Å². The van der Waals surface area contributed by atoms with Crippen molar-refractivity contribution in [1.82, 2.24) is 14.7 Å². The molecule has 0 radical (unpaired) electrons. The number of rotatable bonds is 5. The van der Waals surface area contributed by atoms with Gasteiger partial charge in [-0.3, -0.25) is 14.6 Å². The molecule has 6 heteroatoms. The van der Waals surface area contributed by atoms with E-state index in [1.165, 1.54) is 10.5 Å². The van der Waals surface area contributed by atoms with E-state index in [2.05, 4.69) is 17.0 Å². The van der Waals surface area contributed by atoms with Crippen LogP contribution in [0, 0.1) is 0 Å². The lowest BCUT2D eigenvalue weighted by atomic mass is 9.85. The zero-order valence-corrected chi connectivity index (χ0v) is 14.4. The molecule has 0 saturated carbocycles. The number of urea groups is 1. The average molecular weight is 331 g/mol. The smallest absolute Gasteiger partial charge is 0.327 e. The number of nitrogens with zero attached hydrogens (tertiary/aromatic N) is 3. The SMILES string of the molecule is COCCN1C(=O)N(C)C(=O)C12CCN(Cc1ccccc1)CC2. The Morgan fingerprint density at radius 1 is 1.12 bits per heavy atom. The van der Waals surface area contributed by atoms with Crippen molar-refractivity contribution in [3.63, 3.8) is 0 Å². The van der Waals surface area contributed by atoms with E-state index in [-0.39, 0.29) is 11.9 Å². The zero-order chi connectivity index (χ0) is 17.2. The van der Waals surface area contributed by atoms with Gasteiger partial charge in [-0.1, -0.05) is 30.3 Å². The first-order valence-corrected chi connectivity index (χ1v) is 8.43. The number of likely N-dealkylation sites (N-methyl/N-ethyl adjacent to an activating group) is 1. The third-order valence-corrected chi connectivity index (χ3v) is 5.19. The molecule has 2 heterocycles. The molecule has 3 rings (SSSR count). The first-order valence-electron chi connectivity index (χ1n) is 8.43. The minimum Gasteiger partial charge on any atom is -0.383 e. The van der Waals surface area contributed by atoms with Crippen LogP contribution < -0.4 is 0 Å². The van der Waals surface area contributed by atoms with Crippen molar-refractivity contribution < 1.29 is 14.3 Å². The number of hydrogen-bond acceptors (Lipinski definition) is 4. The van der Waals surface area contributed by atoms with Gasteiger partial charge >= 0.3 is 6.03 Å². The van der Waals surface area contributed by atoms with Crippen molar-refractivity contribution in [2.45, 2.75) is 24.9 Å². The molecular formula is C18H25N3O3. The van der Waals surface area contributed by atoms with E-state index in [1.54, 1.807) is 19.1 Å². The van der Waals surface area contributed by atoms with Gasteiger partial charge in [0.25, 0.3) is 5.91 Å². The molecule has 0 aliphatic carbocycles. The highest BCUT2D eigenvalue weighted by Gasteiger charge is 2.56. The Balaban J connectivity index is 1.70. The van der Waals surface area contributed by atoms with E-state index in [1.807, 2.05) is 18.2 Å². The number of piperidine rings is 1. The molecule has 2 saturated heterocycles. The van der Waals surface area contributed by atoms with Crippen LogP contribution >= 0.6 is 0 Å². The fourth-order valence-electron chi connectivity index (χ4n) is 3.78. The first kappa shape index (κ1) is 16.9. The number of imide groups is 1. The normalized spacial score (nSPS) is 21.1. The number of likely N-dealkylation sites (tertiary alicyclic amines) is 1. The van der Waals surface area contributed by atoms with Gasteiger partial charge in [0.05, 0.1) is 6.61 Å². The number of amides is 3. The maximum Gasteiger partial charge on any atom is 0.327 e. The van der Waals surface area contributed by atoms with Crippen LogP contribution in [0.5, 0.6) is 0 Å². The van der Waals surface area contributed by atoms with Crippen molar-refractivity contribution in [3.05, 3.63) is 35.9 Å². The van der Waals surface area contributed by atoms with Gasteiger partial charge in [-0.15, -0.1) is 0 Å². The van der Waals surface area contributed by atoms with Crippen molar-refractivity contribution in [2.75, 3.05) is 40.4 Å². The summed E-state index contributed by atoms with van der Waals surface area (Å²) in [6.45, 7) is 3.41. The van der Waals surface area contributed by atoms with Gasteiger partial charge in [-0.05, 0) is 18.4 Å². The highest BCUT2D eigenvalue weighted by Crippen LogP contribution is 2.36. The van der Waals surface area contributed by atoms with Gasteiger partial charge in [0.1, 0.15) is 5.54 Å². The standard InChI is InChI=1S/C18H25N3O3/c1-19-16(22)18(21(17(19)23)12-13-24-2)8-10-20(11-9-18)14-15-6-4-3-5-7-15/h3-7H,8-14H2,1-2H3. The second-order valence-electron chi connectivity index (χ2n) is 6.58. The largest absolute Gasteiger partial charge is 0.383 e. The van der Waals surface area contributed by atoms with Crippen LogP contribution in [0.4, 0.5) is 4.79 Å². The molecule has 1 aromatic carbocycles. The number of hydrogen-bond donors (Lipinski definition) is 0. The molecule has 0 atom stereocenters. The predicted molar refractivity (Wildman–Crippen MR) is 90.4 cm³/mol. The lowest BCUT2D eigenvalue weighted by molar-refractivity contribution is -0.135. The summed E-state index contributed by atoms with van der Waals surface area (Å²) in [5.41, 5.74) is 0.591. The van der Waals surface area contributed by atoms with Crippen molar-refractivity contribution in [3.8, 4) is 0 Å². The highest BCUT2D eigenvalue weighted by atomic mass is 16.5. The Labute approximate surface area is 143 Å². The molecule has 2 aliphatic rings. The van der Waals surface area contributed by atoms with Crippen LogP contribution in [0.25, 0.3) is 0 Å². The summed E-state index contributed by atoms with van der Waals surface area (Å²) in [7, 11) is 3.19. The molecule has 6 nitrogen and oxygen atoms in total. The van der Waals surface area contributed by atoms with Gasteiger partial charge in [0.15, 0.2) is 0 Å². The first-order chi connectivity index (χ1) is 11.6. The molecular weight excluding hydrogens is 306 g/mol. The van der Waals surface area contributed by atoms with E-state index < -0.39 is 5.54 Å². The predicted octanol–water partition coefficient (Wildman–Crippen LogP) is 1.56. The molecule has 1 aromatic rings. The van der Waals surface area contributed by atoms with Crippen LogP contribution in [0.2, 0.25) is 0 Å². The van der Waals surface area contributed by atoms with Gasteiger partial charge in [-0.2, -0.15) is 0 Å². The van der Waals surface area contributed by atoms with Crippen LogP contribution in [0.3, 0.4) is 0 Å². The maximum absolute atomic E-state index is 12.7. The van der Waals surface area contributed by atoms with E-state index >= 15 is 0 Å². The molecule has 0 aromatic heterocycles. The minimum absolute atomic E-state index is 0.0667. The van der Waals surface area contributed by atoms with Crippen LogP contribution in [0.15, 0.2) is 30.3 Å². The topological polar surface area (TPSA) is 53.1 Å². The zero-order valence-electron chi connectivity index (χ0n) is 14.4. The van der Waals surface area contributed by atoms with Gasteiger partial charge in [-0.25, -0.2) is 4.79 Å². The fourth-order valence-corrected chi connectivity index (χ4v) is 3.78. The number of carbonyl (C=O) groups is 2. The molecule has 1 spiro atoms. The summed E-state index contributed by atoms with van der Waals surface area (Å²) in [4.78, 5) is 30.5. The molecule has 24 heavy (non-hydrogen) atoms. The highest BCUT2D eigenvalue weighted by molar-refractivity contribution is 6.06. The van der Waals surface area contributed by atoms with Gasteiger partial charge in [0.2, 0.25) is 0 Å².